The summed E-state index contributed by atoms with van der Waals surface area (Å²) in [6.45, 7) is 0. The fourth-order valence-corrected chi connectivity index (χ4v) is 1.06. The first-order valence-electron chi connectivity index (χ1n) is 4.76. The second-order valence-corrected chi connectivity index (χ2v) is 3.17. The van der Waals surface area contributed by atoms with Crippen LogP contribution in [0, 0.1) is 22.7 Å². The van der Waals surface area contributed by atoms with Crippen LogP contribution in [-0.4, -0.2) is 17.3 Å². The molecule has 6 nitrogen and oxygen atoms in total. The number of carboxylic acids is 1. The molecule has 3 N–H and O–H groups in total. The largest absolute Gasteiger partial charge is 0.478 e. The Labute approximate surface area is 103 Å². The number of allylic oxidation sites excluding steroid dienone is 2. The summed E-state index contributed by atoms with van der Waals surface area (Å²) in [5.41, 5.74) is 5.56. The molecule has 0 amide bonds. The summed E-state index contributed by atoms with van der Waals surface area (Å²) < 4.78 is 0. The topological polar surface area (TPSA) is 123 Å². The Bertz CT molecular complexity index is 600. The molecule has 0 unspecified atom stereocenters. The van der Waals surface area contributed by atoms with E-state index in [9.17, 15) is 4.79 Å². The third-order valence-electron chi connectivity index (χ3n) is 1.98. The summed E-state index contributed by atoms with van der Waals surface area (Å²) in [4.78, 5) is 14.4. The SMILES string of the molecule is N#C/C(N)=C(\C#N)N=Cc1ccc(C(=O)O)cc1. The monoisotopic (exact) mass is 240 g/mol. The molecular weight excluding hydrogens is 232 g/mol. The quantitative estimate of drug-likeness (QED) is 0.603. The Morgan fingerprint density at radius 1 is 1.28 bits per heavy atom. The normalized spacial score (nSPS) is 11.4. The maximum atomic E-state index is 10.6. The fraction of sp³-hybridized carbons (Fsp3) is 0. The molecule has 0 bridgehead atoms. The molecule has 6 heteroatoms. The summed E-state index contributed by atoms with van der Waals surface area (Å²) in [7, 11) is 0. The van der Waals surface area contributed by atoms with Crippen molar-refractivity contribution in [1.29, 1.82) is 10.5 Å². The Morgan fingerprint density at radius 2 is 1.89 bits per heavy atom. The van der Waals surface area contributed by atoms with Crippen molar-refractivity contribution < 1.29 is 9.90 Å². The fourth-order valence-electron chi connectivity index (χ4n) is 1.06. The van der Waals surface area contributed by atoms with Gasteiger partial charge in [-0.15, -0.1) is 0 Å². The van der Waals surface area contributed by atoms with Gasteiger partial charge in [-0.3, -0.25) is 0 Å². The van der Waals surface area contributed by atoms with E-state index in [0.29, 0.717) is 5.56 Å². The lowest BCUT2D eigenvalue weighted by atomic mass is 10.1. The van der Waals surface area contributed by atoms with Crippen LogP contribution in [0.25, 0.3) is 0 Å². The third-order valence-corrected chi connectivity index (χ3v) is 1.98. The molecule has 0 aliphatic rings. The van der Waals surface area contributed by atoms with Crippen LogP contribution in [0.1, 0.15) is 15.9 Å². The van der Waals surface area contributed by atoms with Gasteiger partial charge in [0.15, 0.2) is 5.70 Å². The van der Waals surface area contributed by atoms with E-state index in [1.807, 2.05) is 0 Å². The number of hydrogen-bond acceptors (Lipinski definition) is 5. The van der Waals surface area contributed by atoms with E-state index in [1.165, 1.54) is 30.5 Å². The Balaban J connectivity index is 2.96. The lowest BCUT2D eigenvalue weighted by Gasteiger charge is -1.95. The van der Waals surface area contributed by atoms with E-state index in [0.717, 1.165) is 0 Å². The van der Waals surface area contributed by atoms with E-state index < -0.39 is 5.97 Å². The molecule has 1 aromatic rings. The highest BCUT2D eigenvalue weighted by molar-refractivity contribution is 5.89. The second kappa shape index (κ2) is 5.83. The zero-order valence-electron chi connectivity index (χ0n) is 9.16. The number of rotatable bonds is 3. The van der Waals surface area contributed by atoms with Crippen molar-refractivity contribution in [3.05, 3.63) is 46.8 Å². The smallest absolute Gasteiger partial charge is 0.335 e. The molecule has 88 valence electrons. The van der Waals surface area contributed by atoms with Crippen molar-refractivity contribution in [1.82, 2.24) is 0 Å². The first-order chi connectivity index (χ1) is 8.58. The average Bonchev–Trinajstić information content (AvgIpc) is 2.39. The zero-order valence-corrected chi connectivity index (χ0v) is 9.16. The van der Waals surface area contributed by atoms with E-state index in [2.05, 4.69) is 4.99 Å². The number of hydrogen-bond donors (Lipinski definition) is 2. The van der Waals surface area contributed by atoms with Gasteiger partial charge in [-0.1, -0.05) is 12.1 Å². The number of aromatic carboxylic acids is 1. The highest BCUT2D eigenvalue weighted by atomic mass is 16.4. The van der Waals surface area contributed by atoms with Crippen molar-refractivity contribution in [2.45, 2.75) is 0 Å². The van der Waals surface area contributed by atoms with Crippen molar-refractivity contribution in [2.75, 3.05) is 0 Å². The summed E-state index contributed by atoms with van der Waals surface area (Å²) in [6.07, 6.45) is 1.33. The number of aliphatic imine (C=N–C) groups is 1. The molecule has 0 aromatic heterocycles. The standard InChI is InChI=1S/C12H8N4O2/c13-5-10(15)11(6-14)16-7-8-1-3-9(4-2-8)12(17)18/h1-4,7H,15H2,(H,17,18)/b11-10-,16-7?. The van der Waals surface area contributed by atoms with Gasteiger partial charge in [0.2, 0.25) is 0 Å². The molecule has 0 radical (unpaired) electrons. The van der Waals surface area contributed by atoms with Crippen molar-refractivity contribution >= 4 is 12.2 Å². The van der Waals surface area contributed by atoms with Gasteiger partial charge < -0.3 is 10.8 Å². The van der Waals surface area contributed by atoms with E-state index in [1.54, 1.807) is 12.1 Å². The number of nitrogens with zero attached hydrogens (tertiary/aromatic N) is 3. The van der Waals surface area contributed by atoms with Gasteiger partial charge in [-0.2, -0.15) is 10.5 Å². The van der Waals surface area contributed by atoms with E-state index in [-0.39, 0.29) is 17.0 Å². The van der Waals surface area contributed by atoms with Crippen LogP contribution in [0.4, 0.5) is 0 Å². The number of nitriles is 2. The summed E-state index contributed by atoms with van der Waals surface area (Å²) in [5.74, 6) is -1.02. The van der Waals surface area contributed by atoms with E-state index in [4.69, 9.17) is 21.4 Å². The van der Waals surface area contributed by atoms with Crippen molar-refractivity contribution in [2.24, 2.45) is 10.7 Å². The Morgan fingerprint density at radius 3 is 2.33 bits per heavy atom. The van der Waals surface area contributed by atoms with Crippen LogP contribution in [0.3, 0.4) is 0 Å². The molecule has 0 spiro atoms. The molecule has 0 atom stereocenters. The van der Waals surface area contributed by atoms with Crippen molar-refractivity contribution in [3.63, 3.8) is 0 Å². The van der Waals surface area contributed by atoms with Gasteiger partial charge in [0.05, 0.1) is 5.56 Å². The van der Waals surface area contributed by atoms with Gasteiger partial charge in [-0.05, 0) is 17.7 Å². The number of carboxylic acid groups (broad SMARTS) is 1. The maximum absolute atomic E-state index is 10.6. The molecule has 0 aliphatic heterocycles. The van der Waals surface area contributed by atoms with Gasteiger partial charge in [0.1, 0.15) is 17.8 Å². The predicted octanol–water partition coefficient (Wildman–Crippen LogP) is 1.02. The Kier molecular flexibility index (Phi) is 4.19. The van der Waals surface area contributed by atoms with Gasteiger partial charge >= 0.3 is 5.97 Å². The van der Waals surface area contributed by atoms with Crippen LogP contribution >= 0.6 is 0 Å². The molecule has 1 aromatic carbocycles. The summed E-state index contributed by atoms with van der Waals surface area (Å²) >= 11 is 0. The number of nitrogens with two attached hydrogens (primary N) is 1. The van der Waals surface area contributed by atoms with Crippen LogP contribution in [0.5, 0.6) is 0 Å². The molecule has 18 heavy (non-hydrogen) atoms. The van der Waals surface area contributed by atoms with Crippen LogP contribution < -0.4 is 5.73 Å². The highest BCUT2D eigenvalue weighted by Crippen LogP contribution is 2.04. The van der Waals surface area contributed by atoms with Crippen LogP contribution in [0.2, 0.25) is 0 Å². The highest BCUT2D eigenvalue weighted by Gasteiger charge is 2.01. The van der Waals surface area contributed by atoms with Gasteiger partial charge in [-0.25, -0.2) is 9.79 Å². The molecule has 0 fully saturated rings. The lowest BCUT2D eigenvalue weighted by Crippen LogP contribution is -1.98. The molecule has 0 saturated carbocycles. The minimum atomic E-state index is -1.02. The lowest BCUT2D eigenvalue weighted by molar-refractivity contribution is 0.0697. The second-order valence-electron chi connectivity index (χ2n) is 3.17. The number of carbonyl (C=O) groups is 1. The first-order valence-corrected chi connectivity index (χ1v) is 4.76. The maximum Gasteiger partial charge on any atom is 0.335 e. The van der Waals surface area contributed by atoms with E-state index >= 15 is 0 Å². The van der Waals surface area contributed by atoms with Crippen LogP contribution in [-0.2, 0) is 0 Å². The predicted molar refractivity (Wildman–Crippen MR) is 63.4 cm³/mol. The van der Waals surface area contributed by atoms with Gasteiger partial charge in [0.25, 0.3) is 0 Å². The molecule has 0 saturated heterocycles. The summed E-state index contributed by atoms with van der Waals surface area (Å²) in [6, 6.07) is 9.20. The molecule has 0 aliphatic carbocycles. The number of benzene rings is 1. The third kappa shape index (κ3) is 3.19. The summed E-state index contributed by atoms with van der Waals surface area (Å²) in [5, 5.41) is 25.9. The van der Waals surface area contributed by atoms with Crippen molar-refractivity contribution in [3.8, 4) is 12.1 Å². The first kappa shape index (κ1) is 12.9. The zero-order chi connectivity index (χ0) is 13.5. The molecular formula is C12H8N4O2. The average molecular weight is 240 g/mol. The Hall–Kier alpha value is -3.12. The van der Waals surface area contributed by atoms with Gasteiger partial charge in [0, 0.05) is 6.21 Å². The minimum Gasteiger partial charge on any atom is -0.478 e. The van der Waals surface area contributed by atoms with Crippen LogP contribution in [0.15, 0.2) is 40.7 Å². The molecule has 1 rings (SSSR count). The molecule has 0 heterocycles. The minimum absolute atomic E-state index is 0.153.